The summed E-state index contributed by atoms with van der Waals surface area (Å²) in [7, 11) is -1.49. The number of carbonyl (C=O) groups is 1. The van der Waals surface area contributed by atoms with Gasteiger partial charge in [0, 0.05) is 43.3 Å². The fraction of sp³-hybridized carbons (Fsp3) is 0.516. The third kappa shape index (κ3) is 6.37. The van der Waals surface area contributed by atoms with Gasteiger partial charge in [-0.2, -0.15) is 0 Å². The van der Waals surface area contributed by atoms with Crippen molar-refractivity contribution in [2.75, 3.05) is 32.5 Å². The lowest BCUT2D eigenvalue weighted by Gasteiger charge is -2.31. The zero-order valence-corrected chi connectivity index (χ0v) is 25.5. The predicted octanol–water partition coefficient (Wildman–Crippen LogP) is 5.17. The van der Waals surface area contributed by atoms with Crippen LogP contribution >= 0.6 is 0 Å². The molecule has 1 aliphatic rings. The van der Waals surface area contributed by atoms with Crippen molar-refractivity contribution >= 4 is 26.8 Å². The standard InChI is InChI=1S/C31H44N4O4S/c1-7-20-13-22(14-24(29(20)39-6)17-33-19-31(3,4)5)23-15-25-27(18-34-28(25)26(16-23)30(32)36)21-9-11-35(12-10-21)40(37,38)8-2/h13-16,18,21,33-34H,7-12,17,19H2,1-6H3,(H2,32,36). The number of piperidine rings is 1. The Hall–Kier alpha value is -2.88. The van der Waals surface area contributed by atoms with E-state index in [0.29, 0.717) is 25.2 Å². The Morgan fingerprint density at radius 2 is 1.75 bits per heavy atom. The minimum absolute atomic E-state index is 0.116. The lowest BCUT2D eigenvalue weighted by atomic mass is 9.88. The molecule has 0 unspecified atom stereocenters. The van der Waals surface area contributed by atoms with E-state index in [1.54, 1.807) is 18.3 Å². The van der Waals surface area contributed by atoms with Crippen LogP contribution in [0.2, 0.25) is 0 Å². The number of rotatable bonds is 10. The van der Waals surface area contributed by atoms with Crippen LogP contribution in [-0.2, 0) is 23.0 Å². The van der Waals surface area contributed by atoms with Gasteiger partial charge < -0.3 is 20.8 Å². The van der Waals surface area contributed by atoms with E-state index in [2.05, 4.69) is 56.2 Å². The number of aromatic amines is 1. The zero-order chi connectivity index (χ0) is 29.2. The van der Waals surface area contributed by atoms with Crippen molar-refractivity contribution in [3.8, 4) is 16.9 Å². The minimum atomic E-state index is -3.20. The van der Waals surface area contributed by atoms with Crippen LogP contribution < -0.4 is 15.8 Å². The molecule has 3 aromatic rings. The predicted molar refractivity (Wildman–Crippen MR) is 162 cm³/mol. The molecule has 4 rings (SSSR count). The van der Waals surface area contributed by atoms with Crippen LogP contribution in [0.1, 0.15) is 80.4 Å². The molecule has 0 radical (unpaired) electrons. The molecule has 0 bridgehead atoms. The Balaban J connectivity index is 1.76. The minimum Gasteiger partial charge on any atom is -0.496 e. The Morgan fingerprint density at radius 3 is 2.33 bits per heavy atom. The number of nitrogens with zero attached hydrogens (tertiary/aromatic N) is 1. The van der Waals surface area contributed by atoms with Gasteiger partial charge in [0.15, 0.2) is 0 Å². The summed E-state index contributed by atoms with van der Waals surface area (Å²) >= 11 is 0. The summed E-state index contributed by atoms with van der Waals surface area (Å²) in [6, 6.07) is 8.28. The molecule has 4 N–H and O–H groups in total. The Labute approximate surface area is 238 Å². The molecule has 1 amide bonds. The zero-order valence-electron chi connectivity index (χ0n) is 24.7. The van der Waals surface area contributed by atoms with Crippen molar-refractivity contribution in [1.82, 2.24) is 14.6 Å². The fourth-order valence-electron chi connectivity index (χ4n) is 5.73. The summed E-state index contributed by atoms with van der Waals surface area (Å²) in [5, 5.41) is 4.53. The number of nitrogens with two attached hydrogens (primary N) is 1. The van der Waals surface area contributed by atoms with Crippen molar-refractivity contribution in [3.05, 3.63) is 52.7 Å². The van der Waals surface area contributed by atoms with E-state index in [9.17, 15) is 13.2 Å². The average Bonchev–Trinajstić information content (AvgIpc) is 3.35. The number of nitrogens with one attached hydrogen (secondary N) is 2. The van der Waals surface area contributed by atoms with Gasteiger partial charge in [0.1, 0.15) is 5.75 Å². The van der Waals surface area contributed by atoms with E-state index >= 15 is 0 Å². The molecule has 0 atom stereocenters. The number of primary amides is 1. The van der Waals surface area contributed by atoms with Crippen LogP contribution in [0.25, 0.3) is 22.0 Å². The fourth-order valence-corrected chi connectivity index (χ4v) is 6.86. The molecule has 1 saturated heterocycles. The maximum Gasteiger partial charge on any atom is 0.250 e. The highest BCUT2D eigenvalue weighted by Gasteiger charge is 2.29. The van der Waals surface area contributed by atoms with Gasteiger partial charge in [-0.3, -0.25) is 4.79 Å². The number of methoxy groups -OCH3 is 1. The van der Waals surface area contributed by atoms with Crippen LogP contribution in [0.5, 0.6) is 5.75 Å². The number of carbonyl (C=O) groups excluding carboxylic acids is 1. The Morgan fingerprint density at radius 1 is 1.10 bits per heavy atom. The van der Waals surface area contributed by atoms with E-state index in [0.717, 1.165) is 70.3 Å². The molecule has 1 aliphatic heterocycles. The summed E-state index contributed by atoms with van der Waals surface area (Å²) < 4.78 is 32.2. The third-order valence-electron chi connectivity index (χ3n) is 7.87. The third-order valence-corrected chi connectivity index (χ3v) is 9.75. The number of amides is 1. The molecule has 0 saturated carbocycles. The smallest absolute Gasteiger partial charge is 0.250 e. The second kappa shape index (κ2) is 11.9. The maximum absolute atomic E-state index is 12.6. The van der Waals surface area contributed by atoms with Gasteiger partial charge in [0.2, 0.25) is 10.0 Å². The molecule has 218 valence electrons. The van der Waals surface area contributed by atoms with Gasteiger partial charge >= 0.3 is 0 Å². The van der Waals surface area contributed by atoms with Gasteiger partial charge in [-0.05, 0) is 84.0 Å². The second-order valence-electron chi connectivity index (χ2n) is 12.0. The molecule has 0 spiro atoms. The number of hydrogen-bond acceptors (Lipinski definition) is 5. The van der Waals surface area contributed by atoms with Gasteiger partial charge in [0.25, 0.3) is 5.91 Å². The molecule has 2 aromatic carbocycles. The topological polar surface area (TPSA) is 118 Å². The maximum atomic E-state index is 12.6. The van der Waals surface area contributed by atoms with Crippen molar-refractivity contribution in [3.63, 3.8) is 0 Å². The van der Waals surface area contributed by atoms with Gasteiger partial charge in [0.05, 0.1) is 23.9 Å². The first-order chi connectivity index (χ1) is 18.9. The van der Waals surface area contributed by atoms with E-state index in [-0.39, 0.29) is 17.1 Å². The summed E-state index contributed by atoms with van der Waals surface area (Å²) in [6.45, 7) is 12.9. The number of benzene rings is 2. The van der Waals surface area contributed by atoms with Gasteiger partial charge in [-0.25, -0.2) is 12.7 Å². The molecule has 0 aliphatic carbocycles. The summed E-state index contributed by atoms with van der Waals surface area (Å²) in [5.74, 6) is 0.707. The Bertz CT molecular complexity index is 1480. The van der Waals surface area contributed by atoms with Crippen molar-refractivity contribution in [1.29, 1.82) is 0 Å². The molecule has 2 heterocycles. The SMILES string of the molecule is CCc1cc(-c2cc(C(N)=O)c3[nH]cc(C4CCN(S(=O)(=O)CC)CC4)c3c2)cc(CNCC(C)(C)C)c1OC. The molecule has 40 heavy (non-hydrogen) atoms. The normalized spacial score (nSPS) is 15.6. The van der Waals surface area contributed by atoms with Gasteiger partial charge in [-0.1, -0.05) is 27.7 Å². The monoisotopic (exact) mass is 568 g/mol. The first-order valence-corrected chi connectivity index (χ1v) is 15.8. The molecule has 1 aromatic heterocycles. The highest BCUT2D eigenvalue weighted by molar-refractivity contribution is 7.89. The van der Waals surface area contributed by atoms with Crippen LogP contribution in [0.15, 0.2) is 30.5 Å². The number of sulfonamides is 1. The first-order valence-electron chi connectivity index (χ1n) is 14.2. The quantitative estimate of drug-likeness (QED) is 0.312. The Kier molecular flexibility index (Phi) is 8.97. The lowest BCUT2D eigenvalue weighted by molar-refractivity contribution is 0.100. The molecule has 9 heteroatoms. The molecule has 1 fully saturated rings. The van der Waals surface area contributed by atoms with Crippen molar-refractivity contribution < 1.29 is 17.9 Å². The molecular weight excluding hydrogens is 524 g/mol. The molecule has 8 nitrogen and oxygen atoms in total. The van der Waals surface area contributed by atoms with Crippen LogP contribution in [0, 0.1) is 5.41 Å². The van der Waals surface area contributed by atoms with Crippen LogP contribution in [-0.4, -0.2) is 56.1 Å². The van der Waals surface area contributed by atoms with E-state index in [1.807, 2.05) is 12.3 Å². The highest BCUT2D eigenvalue weighted by Crippen LogP contribution is 2.39. The molecular formula is C31H44N4O4S. The summed E-state index contributed by atoms with van der Waals surface area (Å²) in [5.41, 5.74) is 12.4. The van der Waals surface area contributed by atoms with Crippen molar-refractivity contribution in [2.45, 2.75) is 66.3 Å². The van der Waals surface area contributed by atoms with E-state index < -0.39 is 15.9 Å². The van der Waals surface area contributed by atoms with E-state index in [1.165, 1.54) is 0 Å². The first kappa shape index (κ1) is 30.1. The number of H-pyrrole nitrogens is 1. The number of ether oxygens (including phenoxy) is 1. The number of aromatic nitrogens is 1. The summed E-state index contributed by atoms with van der Waals surface area (Å²) in [6.07, 6.45) is 4.23. The number of hydrogen-bond donors (Lipinski definition) is 3. The number of aryl methyl sites for hydroxylation is 1. The summed E-state index contributed by atoms with van der Waals surface area (Å²) in [4.78, 5) is 15.9. The average molecular weight is 569 g/mol. The van der Waals surface area contributed by atoms with Crippen LogP contribution in [0.3, 0.4) is 0 Å². The largest absolute Gasteiger partial charge is 0.496 e. The second-order valence-corrected chi connectivity index (χ2v) is 14.2. The lowest BCUT2D eigenvalue weighted by Crippen LogP contribution is -2.38. The van der Waals surface area contributed by atoms with Crippen molar-refractivity contribution in [2.24, 2.45) is 11.1 Å². The van der Waals surface area contributed by atoms with Crippen LogP contribution in [0.4, 0.5) is 0 Å². The highest BCUT2D eigenvalue weighted by atomic mass is 32.2. The van der Waals surface area contributed by atoms with E-state index in [4.69, 9.17) is 10.5 Å². The number of fused-ring (bicyclic) bond motifs is 1. The van der Waals surface area contributed by atoms with Gasteiger partial charge in [-0.15, -0.1) is 0 Å².